The smallest absolute Gasteiger partial charge is 0.0663 e. The van der Waals surface area contributed by atoms with Crippen molar-refractivity contribution < 1.29 is 0 Å². The van der Waals surface area contributed by atoms with Crippen LogP contribution in [0.15, 0.2) is 24.3 Å². The third kappa shape index (κ3) is 6.94. The summed E-state index contributed by atoms with van der Waals surface area (Å²) in [6.45, 7) is 6.53. The van der Waals surface area contributed by atoms with Gasteiger partial charge in [0.2, 0.25) is 0 Å². The fraction of sp³-hybridized carbons (Fsp3) is 0.737. The first kappa shape index (κ1) is 17.0. The average Bonchev–Trinajstić information content (AvgIpc) is 2.48. The Hall–Kier alpha value is -1.03. The summed E-state index contributed by atoms with van der Waals surface area (Å²) in [6, 6.07) is 2.14. The van der Waals surface area contributed by atoms with Crippen molar-refractivity contribution in [2.45, 2.75) is 77.6 Å². The Morgan fingerprint density at radius 1 is 1.15 bits per heavy atom. The second-order valence-corrected chi connectivity index (χ2v) is 6.26. The molecule has 1 heteroatoms. The molecule has 0 unspecified atom stereocenters. The minimum atomic E-state index is 0.526. The van der Waals surface area contributed by atoms with E-state index in [1.54, 1.807) is 0 Å². The molecule has 112 valence electrons. The molecule has 0 radical (unpaired) electrons. The number of nitriles is 1. The van der Waals surface area contributed by atoms with Gasteiger partial charge >= 0.3 is 0 Å². The van der Waals surface area contributed by atoms with Crippen molar-refractivity contribution in [2.75, 3.05) is 0 Å². The Morgan fingerprint density at radius 3 is 2.55 bits per heavy atom. The third-order valence-corrected chi connectivity index (χ3v) is 4.65. The van der Waals surface area contributed by atoms with Gasteiger partial charge in [0.25, 0.3) is 0 Å². The van der Waals surface area contributed by atoms with Gasteiger partial charge in [0.15, 0.2) is 0 Å². The molecule has 1 fully saturated rings. The molecule has 1 aliphatic rings. The van der Waals surface area contributed by atoms with Gasteiger partial charge in [-0.2, -0.15) is 5.26 Å². The first-order chi connectivity index (χ1) is 9.77. The molecule has 0 heterocycles. The van der Waals surface area contributed by atoms with E-state index < -0.39 is 0 Å². The van der Waals surface area contributed by atoms with Crippen molar-refractivity contribution in [2.24, 2.45) is 11.8 Å². The van der Waals surface area contributed by atoms with Crippen LogP contribution in [0.25, 0.3) is 0 Å². The normalized spacial score (nSPS) is 22.8. The van der Waals surface area contributed by atoms with Crippen LogP contribution in [0.5, 0.6) is 0 Å². The Labute approximate surface area is 125 Å². The molecule has 0 amide bonds. The SMILES string of the molecule is C=C(CC=CCC#N)C1CCC(CCCCCC)CC1. The van der Waals surface area contributed by atoms with E-state index in [9.17, 15) is 0 Å². The number of unbranched alkanes of at least 4 members (excludes halogenated alkanes) is 3. The van der Waals surface area contributed by atoms with Crippen LogP contribution < -0.4 is 0 Å². The van der Waals surface area contributed by atoms with Crippen LogP contribution in [0.4, 0.5) is 0 Å². The monoisotopic (exact) mass is 273 g/mol. The quantitative estimate of drug-likeness (QED) is 0.363. The van der Waals surface area contributed by atoms with Gasteiger partial charge in [-0.15, -0.1) is 0 Å². The molecule has 20 heavy (non-hydrogen) atoms. The maximum Gasteiger partial charge on any atom is 0.0663 e. The third-order valence-electron chi connectivity index (χ3n) is 4.65. The summed E-state index contributed by atoms with van der Waals surface area (Å²) in [6.07, 6.45) is 18.1. The second kappa shape index (κ2) is 10.7. The molecule has 1 aliphatic carbocycles. The molecule has 0 N–H and O–H groups in total. The van der Waals surface area contributed by atoms with Crippen LogP contribution in [0.2, 0.25) is 0 Å². The zero-order valence-corrected chi connectivity index (χ0v) is 13.2. The Balaban J connectivity index is 2.14. The van der Waals surface area contributed by atoms with Crippen LogP contribution >= 0.6 is 0 Å². The predicted molar refractivity (Wildman–Crippen MR) is 87.3 cm³/mol. The first-order valence-corrected chi connectivity index (χ1v) is 8.47. The van der Waals surface area contributed by atoms with Gasteiger partial charge in [0.05, 0.1) is 12.5 Å². The van der Waals surface area contributed by atoms with Gasteiger partial charge in [0.1, 0.15) is 0 Å². The van der Waals surface area contributed by atoms with Gasteiger partial charge < -0.3 is 0 Å². The number of nitrogens with zero attached hydrogens (tertiary/aromatic N) is 1. The van der Waals surface area contributed by atoms with E-state index in [0.29, 0.717) is 6.42 Å². The minimum Gasteiger partial charge on any atom is -0.198 e. The number of hydrogen-bond donors (Lipinski definition) is 0. The number of hydrogen-bond acceptors (Lipinski definition) is 1. The van der Waals surface area contributed by atoms with E-state index in [2.05, 4.69) is 25.6 Å². The van der Waals surface area contributed by atoms with Crippen molar-refractivity contribution in [3.8, 4) is 6.07 Å². The van der Waals surface area contributed by atoms with Gasteiger partial charge in [-0.1, -0.05) is 63.3 Å². The van der Waals surface area contributed by atoms with Crippen molar-refractivity contribution in [3.63, 3.8) is 0 Å². The van der Waals surface area contributed by atoms with Crippen LogP contribution in [-0.4, -0.2) is 0 Å². The highest BCUT2D eigenvalue weighted by atomic mass is 14.3. The van der Waals surface area contributed by atoms with Crippen molar-refractivity contribution in [1.82, 2.24) is 0 Å². The summed E-state index contributed by atoms with van der Waals surface area (Å²) in [5.41, 5.74) is 1.38. The maximum atomic E-state index is 8.49. The summed E-state index contributed by atoms with van der Waals surface area (Å²) in [4.78, 5) is 0. The number of allylic oxidation sites excluding steroid dienone is 3. The second-order valence-electron chi connectivity index (χ2n) is 6.26. The summed E-state index contributed by atoms with van der Waals surface area (Å²) >= 11 is 0. The summed E-state index contributed by atoms with van der Waals surface area (Å²) in [5, 5.41) is 8.49. The molecule has 0 aromatic rings. The Bertz CT molecular complexity index is 326. The maximum absolute atomic E-state index is 8.49. The highest BCUT2D eigenvalue weighted by molar-refractivity contribution is 5.08. The van der Waals surface area contributed by atoms with Crippen molar-refractivity contribution in [1.29, 1.82) is 5.26 Å². The zero-order chi connectivity index (χ0) is 14.6. The minimum absolute atomic E-state index is 0.526. The van der Waals surface area contributed by atoms with Crippen LogP contribution in [0.3, 0.4) is 0 Å². The van der Waals surface area contributed by atoms with E-state index in [1.165, 1.54) is 63.4 Å². The van der Waals surface area contributed by atoms with Crippen molar-refractivity contribution >= 4 is 0 Å². The molecule has 0 aliphatic heterocycles. The topological polar surface area (TPSA) is 23.8 Å². The molecule has 0 spiro atoms. The molecule has 0 aromatic carbocycles. The average molecular weight is 273 g/mol. The highest BCUT2D eigenvalue weighted by Gasteiger charge is 2.21. The van der Waals surface area contributed by atoms with E-state index in [4.69, 9.17) is 5.26 Å². The molecular weight excluding hydrogens is 242 g/mol. The molecule has 1 nitrogen and oxygen atoms in total. The Morgan fingerprint density at radius 2 is 1.90 bits per heavy atom. The van der Waals surface area contributed by atoms with Gasteiger partial charge in [-0.25, -0.2) is 0 Å². The predicted octanol–water partition coefficient (Wildman–Crippen LogP) is 6.18. The lowest BCUT2D eigenvalue weighted by molar-refractivity contribution is 0.280. The molecule has 0 bridgehead atoms. The van der Waals surface area contributed by atoms with Crippen LogP contribution in [0.1, 0.15) is 77.6 Å². The summed E-state index contributed by atoms with van der Waals surface area (Å²) in [5.74, 6) is 1.71. The molecule has 1 rings (SSSR count). The molecule has 1 saturated carbocycles. The lowest BCUT2D eigenvalue weighted by Gasteiger charge is -2.29. The lowest BCUT2D eigenvalue weighted by atomic mass is 9.76. The van der Waals surface area contributed by atoms with Crippen LogP contribution in [0, 0.1) is 23.2 Å². The summed E-state index contributed by atoms with van der Waals surface area (Å²) in [7, 11) is 0. The molecular formula is C19H31N. The fourth-order valence-corrected chi connectivity index (χ4v) is 3.26. The Kier molecular flexibility index (Phi) is 9.13. The molecule has 0 saturated heterocycles. The van der Waals surface area contributed by atoms with Crippen molar-refractivity contribution in [3.05, 3.63) is 24.3 Å². The zero-order valence-electron chi connectivity index (χ0n) is 13.2. The van der Waals surface area contributed by atoms with Gasteiger partial charge in [-0.05, 0) is 43.9 Å². The lowest BCUT2D eigenvalue weighted by Crippen LogP contribution is -2.15. The molecule has 0 aromatic heterocycles. The standard InChI is InChI=1S/C19H31N/c1-3-4-5-8-11-18-12-14-19(15-13-18)17(2)10-7-6-9-16-20/h6-7,18-19H,2-5,8-15H2,1H3. The highest BCUT2D eigenvalue weighted by Crippen LogP contribution is 2.36. The number of rotatable bonds is 9. The van der Waals surface area contributed by atoms with Gasteiger partial charge in [-0.3, -0.25) is 0 Å². The van der Waals surface area contributed by atoms with E-state index >= 15 is 0 Å². The summed E-state index contributed by atoms with van der Waals surface area (Å²) < 4.78 is 0. The van der Waals surface area contributed by atoms with E-state index in [1.807, 2.05) is 6.08 Å². The van der Waals surface area contributed by atoms with E-state index in [-0.39, 0.29) is 0 Å². The molecule has 0 atom stereocenters. The fourth-order valence-electron chi connectivity index (χ4n) is 3.26. The van der Waals surface area contributed by atoms with Gasteiger partial charge in [0, 0.05) is 0 Å². The van der Waals surface area contributed by atoms with Crippen LogP contribution in [-0.2, 0) is 0 Å². The largest absolute Gasteiger partial charge is 0.198 e. The first-order valence-electron chi connectivity index (χ1n) is 8.47. The van der Waals surface area contributed by atoms with E-state index in [0.717, 1.165) is 18.3 Å².